The molecule has 0 aliphatic heterocycles. The second-order valence-corrected chi connectivity index (χ2v) is 6.46. The molecule has 3 saturated carbocycles. The maximum absolute atomic E-state index is 12.3. The summed E-state index contributed by atoms with van der Waals surface area (Å²) in [7, 11) is 0. The van der Waals surface area contributed by atoms with Crippen LogP contribution in [0, 0.1) is 17.8 Å². The van der Waals surface area contributed by atoms with E-state index in [0.29, 0.717) is 18.4 Å². The molecule has 3 heteroatoms. The SMILES string of the molecule is NCC1(NC(=O)C2CC3CC3C2)CCCCC1. The van der Waals surface area contributed by atoms with Gasteiger partial charge in [-0.3, -0.25) is 4.79 Å². The van der Waals surface area contributed by atoms with E-state index in [2.05, 4.69) is 5.32 Å². The zero-order chi connectivity index (χ0) is 11.9. The first-order chi connectivity index (χ1) is 8.22. The molecule has 3 aliphatic carbocycles. The second-order valence-electron chi connectivity index (χ2n) is 6.46. The predicted molar refractivity (Wildman–Crippen MR) is 67.3 cm³/mol. The van der Waals surface area contributed by atoms with Crippen molar-refractivity contribution in [2.24, 2.45) is 23.5 Å². The smallest absolute Gasteiger partial charge is 0.223 e. The van der Waals surface area contributed by atoms with Gasteiger partial charge >= 0.3 is 0 Å². The van der Waals surface area contributed by atoms with Crippen molar-refractivity contribution in [1.29, 1.82) is 0 Å². The van der Waals surface area contributed by atoms with E-state index in [9.17, 15) is 4.79 Å². The molecule has 3 rings (SSSR count). The lowest BCUT2D eigenvalue weighted by Gasteiger charge is -2.38. The minimum Gasteiger partial charge on any atom is -0.349 e. The van der Waals surface area contributed by atoms with Gasteiger partial charge in [0.1, 0.15) is 0 Å². The maximum atomic E-state index is 12.3. The molecule has 0 heterocycles. The number of fused-ring (bicyclic) bond motifs is 1. The van der Waals surface area contributed by atoms with Gasteiger partial charge in [-0.1, -0.05) is 19.3 Å². The predicted octanol–water partition coefficient (Wildman–Crippen LogP) is 1.81. The maximum Gasteiger partial charge on any atom is 0.223 e. The van der Waals surface area contributed by atoms with Crippen LogP contribution in [0.1, 0.15) is 51.4 Å². The van der Waals surface area contributed by atoms with Crippen LogP contribution in [-0.4, -0.2) is 18.0 Å². The molecular weight excluding hydrogens is 212 g/mol. The Morgan fingerprint density at radius 3 is 2.35 bits per heavy atom. The molecule has 3 aliphatic rings. The number of carbonyl (C=O) groups is 1. The third-order valence-corrected chi connectivity index (χ3v) is 5.20. The molecule has 0 bridgehead atoms. The summed E-state index contributed by atoms with van der Waals surface area (Å²) < 4.78 is 0. The first-order valence-electron chi connectivity index (χ1n) is 7.24. The van der Waals surface area contributed by atoms with Crippen molar-refractivity contribution in [3.63, 3.8) is 0 Å². The molecule has 2 unspecified atom stereocenters. The van der Waals surface area contributed by atoms with Gasteiger partial charge < -0.3 is 11.1 Å². The van der Waals surface area contributed by atoms with Crippen LogP contribution in [0.25, 0.3) is 0 Å². The van der Waals surface area contributed by atoms with Gasteiger partial charge in [-0.15, -0.1) is 0 Å². The van der Waals surface area contributed by atoms with Gasteiger partial charge in [0, 0.05) is 12.5 Å². The lowest BCUT2D eigenvalue weighted by molar-refractivity contribution is -0.127. The van der Waals surface area contributed by atoms with Crippen molar-refractivity contribution < 1.29 is 4.79 Å². The zero-order valence-electron chi connectivity index (χ0n) is 10.6. The van der Waals surface area contributed by atoms with Gasteiger partial charge in [-0.05, 0) is 43.9 Å². The lowest BCUT2D eigenvalue weighted by Crippen LogP contribution is -2.56. The molecule has 0 aromatic carbocycles. The highest BCUT2D eigenvalue weighted by molar-refractivity contribution is 5.80. The van der Waals surface area contributed by atoms with E-state index in [1.807, 2.05) is 0 Å². The average Bonchev–Trinajstić information content (AvgIpc) is 2.97. The van der Waals surface area contributed by atoms with Crippen LogP contribution in [0.2, 0.25) is 0 Å². The van der Waals surface area contributed by atoms with Crippen LogP contribution < -0.4 is 11.1 Å². The van der Waals surface area contributed by atoms with E-state index in [-0.39, 0.29) is 5.54 Å². The van der Waals surface area contributed by atoms with Gasteiger partial charge in [-0.25, -0.2) is 0 Å². The number of hydrogen-bond donors (Lipinski definition) is 2. The van der Waals surface area contributed by atoms with Gasteiger partial charge in [-0.2, -0.15) is 0 Å². The Kier molecular flexibility index (Phi) is 2.89. The first-order valence-corrected chi connectivity index (χ1v) is 7.24. The van der Waals surface area contributed by atoms with E-state index in [4.69, 9.17) is 5.73 Å². The molecule has 2 atom stereocenters. The summed E-state index contributed by atoms with van der Waals surface area (Å²) in [6.07, 6.45) is 9.54. The minimum atomic E-state index is -0.0673. The Morgan fingerprint density at radius 2 is 1.76 bits per heavy atom. The number of carbonyl (C=O) groups excluding carboxylic acids is 1. The fraction of sp³-hybridized carbons (Fsp3) is 0.929. The summed E-state index contributed by atoms with van der Waals surface area (Å²) in [5, 5.41) is 3.30. The summed E-state index contributed by atoms with van der Waals surface area (Å²) in [5.74, 6) is 2.35. The van der Waals surface area contributed by atoms with E-state index < -0.39 is 0 Å². The van der Waals surface area contributed by atoms with Gasteiger partial charge in [0.25, 0.3) is 0 Å². The Hall–Kier alpha value is -0.570. The standard InChI is InChI=1S/C14H24N2O/c15-9-14(4-2-1-3-5-14)16-13(17)12-7-10-6-11(10)8-12/h10-12H,1-9,15H2,(H,16,17). The highest BCUT2D eigenvalue weighted by atomic mass is 16.2. The minimum absolute atomic E-state index is 0.0673. The van der Waals surface area contributed by atoms with Crippen LogP contribution in [-0.2, 0) is 4.79 Å². The highest BCUT2D eigenvalue weighted by Gasteiger charge is 2.48. The van der Waals surface area contributed by atoms with Crippen molar-refractivity contribution in [3.8, 4) is 0 Å². The summed E-state index contributed by atoms with van der Waals surface area (Å²) in [4.78, 5) is 12.3. The van der Waals surface area contributed by atoms with Crippen LogP contribution in [0.5, 0.6) is 0 Å². The number of amides is 1. The molecule has 96 valence electrons. The third kappa shape index (κ3) is 2.22. The summed E-state index contributed by atoms with van der Waals surface area (Å²) in [5.41, 5.74) is 5.84. The fourth-order valence-electron chi connectivity index (χ4n) is 3.90. The molecule has 0 saturated heterocycles. The first kappa shape index (κ1) is 11.5. The molecule has 17 heavy (non-hydrogen) atoms. The summed E-state index contributed by atoms with van der Waals surface area (Å²) in [6.45, 7) is 0.609. The topological polar surface area (TPSA) is 55.1 Å². The van der Waals surface area contributed by atoms with E-state index in [1.54, 1.807) is 0 Å². The van der Waals surface area contributed by atoms with Crippen LogP contribution in [0.3, 0.4) is 0 Å². The number of nitrogens with two attached hydrogens (primary N) is 1. The van der Waals surface area contributed by atoms with Gasteiger partial charge in [0.2, 0.25) is 5.91 Å². The quantitative estimate of drug-likeness (QED) is 0.785. The molecule has 0 aromatic rings. The second kappa shape index (κ2) is 4.27. The molecule has 3 fully saturated rings. The zero-order valence-corrected chi connectivity index (χ0v) is 10.6. The Morgan fingerprint density at radius 1 is 1.12 bits per heavy atom. The van der Waals surface area contributed by atoms with Crippen molar-refractivity contribution in [1.82, 2.24) is 5.32 Å². The summed E-state index contributed by atoms with van der Waals surface area (Å²) in [6, 6.07) is 0. The molecule has 0 aromatic heterocycles. The van der Waals surface area contributed by atoms with Crippen LogP contribution >= 0.6 is 0 Å². The fourth-order valence-corrected chi connectivity index (χ4v) is 3.90. The van der Waals surface area contributed by atoms with E-state index >= 15 is 0 Å². The van der Waals surface area contributed by atoms with Crippen LogP contribution in [0.4, 0.5) is 0 Å². The average molecular weight is 236 g/mol. The molecule has 1 amide bonds. The Bertz CT molecular complexity index is 299. The van der Waals surface area contributed by atoms with Crippen molar-refractivity contribution in [3.05, 3.63) is 0 Å². The van der Waals surface area contributed by atoms with Gasteiger partial charge in [0.15, 0.2) is 0 Å². The van der Waals surface area contributed by atoms with Crippen molar-refractivity contribution in [2.75, 3.05) is 6.54 Å². The van der Waals surface area contributed by atoms with E-state index in [0.717, 1.165) is 37.5 Å². The van der Waals surface area contributed by atoms with Crippen molar-refractivity contribution >= 4 is 5.91 Å². The molecule has 3 N–H and O–H groups in total. The highest BCUT2D eigenvalue weighted by Crippen LogP contribution is 2.54. The normalized spacial score (nSPS) is 38.5. The Labute approximate surface area is 104 Å². The van der Waals surface area contributed by atoms with Crippen molar-refractivity contribution in [2.45, 2.75) is 56.9 Å². The number of rotatable bonds is 3. The largest absolute Gasteiger partial charge is 0.349 e. The number of nitrogens with one attached hydrogen (secondary N) is 1. The van der Waals surface area contributed by atoms with Crippen LogP contribution in [0.15, 0.2) is 0 Å². The Balaban J connectivity index is 1.58. The molecular formula is C14H24N2O. The molecule has 3 nitrogen and oxygen atoms in total. The molecule has 0 radical (unpaired) electrons. The monoisotopic (exact) mass is 236 g/mol. The van der Waals surface area contributed by atoms with E-state index in [1.165, 1.54) is 25.7 Å². The number of hydrogen-bond acceptors (Lipinski definition) is 2. The van der Waals surface area contributed by atoms with Gasteiger partial charge in [0.05, 0.1) is 5.54 Å². The molecule has 0 spiro atoms. The lowest BCUT2D eigenvalue weighted by atomic mass is 9.81. The summed E-state index contributed by atoms with van der Waals surface area (Å²) >= 11 is 0. The third-order valence-electron chi connectivity index (χ3n) is 5.20.